The second kappa shape index (κ2) is 7.02. The van der Waals surface area contributed by atoms with E-state index in [0.717, 1.165) is 55.5 Å². The monoisotopic (exact) mass is 339 g/mol. The van der Waals surface area contributed by atoms with E-state index in [1.54, 1.807) is 13.4 Å². The number of ether oxygens (including phenoxy) is 1. The quantitative estimate of drug-likeness (QED) is 0.691. The number of piperazine rings is 1. The number of rotatable bonds is 5. The van der Waals surface area contributed by atoms with Crippen LogP contribution in [0.15, 0.2) is 37.1 Å². The van der Waals surface area contributed by atoms with Crippen LogP contribution >= 0.6 is 0 Å². The second-order valence-corrected chi connectivity index (χ2v) is 5.96. The number of methoxy groups -OCH3 is 1. The maximum absolute atomic E-state index is 5.15. The summed E-state index contributed by atoms with van der Waals surface area (Å²) in [4.78, 5) is 22.4. The Kier molecular flexibility index (Phi) is 4.43. The number of hydrogen-bond donors (Lipinski definition) is 0. The number of nitrogens with zero attached hydrogens (tertiary/aromatic N) is 7. The highest BCUT2D eigenvalue weighted by Gasteiger charge is 2.22. The standard InChI is InChI=1S/C17H21N7O/c1-25-11-10-24-13-21-15-16(19-12-20-17(15)24)23-8-6-22(7-9-23)14-4-2-3-5-18-14/h2-5,12-13H,6-11H2,1H3. The van der Waals surface area contributed by atoms with Gasteiger partial charge in [-0.2, -0.15) is 0 Å². The predicted octanol–water partition coefficient (Wildman–Crippen LogP) is 1.19. The van der Waals surface area contributed by atoms with Crippen LogP contribution in [0.5, 0.6) is 0 Å². The van der Waals surface area contributed by atoms with Crippen LogP contribution < -0.4 is 9.80 Å². The van der Waals surface area contributed by atoms with Crippen molar-refractivity contribution in [3.05, 3.63) is 37.1 Å². The van der Waals surface area contributed by atoms with Gasteiger partial charge in [0.05, 0.1) is 12.9 Å². The summed E-state index contributed by atoms with van der Waals surface area (Å²) in [5.41, 5.74) is 1.71. The van der Waals surface area contributed by atoms with E-state index in [4.69, 9.17) is 4.74 Å². The molecule has 3 aromatic rings. The molecule has 0 radical (unpaired) electrons. The number of imidazole rings is 1. The topological polar surface area (TPSA) is 72.2 Å². The molecule has 0 aliphatic carbocycles. The summed E-state index contributed by atoms with van der Waals surface area (Å²) in [5, 5.41) is 0. The Morgan fingerprint density at radius 2 is 1.84 bits per heavy atom. The van der Waals surface area contributed by atoms with E-state index >= 15 is 0 Å². The maximum Gasteiger partial charge on any atom is 0.165 e. The van der Waals surface area contributed by atoms with Crippen LogP contribution in [0.25, 0.3) is 11.2 Å². The van der Waals surface area contributed by atoms with Crippen molar-refractivity contribution in [2.75, 3.05) is 49.7 Å². The molecule has 1 fully saturated rings. The zero-order chi connectivity index (χ0) is 17.1. The highest BCUT2D eigenvalue weighted by atomic mass is 16.5. The highest BCUT2D eigenvalue weighted by Crippen LogP contribution is 2.23. The van der Waals surface area contributed by atoms with Crippen molar-refractivity contribution < 1.29 is 4.74 Å². The van der Waals surface area contributed by atoms with Crippen LogP contribution in [0.4, 0.5) is 11.6 Å². The van der Waals surface area contributed by atoms with E-state index in [0.29, 0.717) is 6.61 Å². The largest absolute Gasteiger partial charge is 0.383 e. The van der Waals surface area contributed by atoms with Gasteiger partial charge >= 0.3 is 0 Å². The van der Waals surface area contributed by atoms with Crippen molar-refractivity contribution in [1.82, 2.24) is 24.5 Å². The van der Waals surface area contributed by atoms with Gasteiger partial charge in [0, 0.05) is 46.0 Å². The molecule has 25 heavy (non-hydrogen) atoms. The first-order valence-corrected chi connectivity index (χ1v) is 8.42. The van der Waals surface area contributed by atoms with Gasteiger partial charge in [-0.3, -0.25) is 0 Å². The Bertz CT molecular complexity index is 827. The Hall–Kier alpha value is -2.74. The average molecular weight is 339 g/mol. The van der Waals surface area contributed by atoms with Crippen molar-refractivity contribution in [3.8, 4) is 0 Å². The van der Waals surface area contributed by atoms with E-state index < -0.39 is 0 Å². The summed E-state index contributed by atoms with van der Waals surface area (Å²) >= 11 is 0. The molecule has 0 unspecified atom stereocenters. The van der Waals surface area contributed by atoms with E-state index in [9.17, 15) is 0 Å². The maximum atomic E-state index is 5.15. The molecule has 0 spiro atoms. The minimum Gasteiger partial charge on any atom is -0.383 e. The molecule has 8 nitrogen and oxygen atoms in total. The van der Waals surface area contributed by atoms with Crippen molar-refractivity contribution in [2.45, 2.75) is 6.54 Å². The Labute approximate surface area is 146 Å². The van der Waals surface area contributed by atoms with Crippen molar-refractivity contribution in [2.24, 2.45) is 0 Å². The third-order valence-electron chi connectivity index (χ3n) is 4.47. The Morgan fingerprint density at radius 1 is 1.00 bits per heavy atom. The molecule has 0 bridgehead atoms. The number of hydrogen-bond acceptors (Lipinski definition) is 7. The number of pyridine rings is 1. The Balaban J connectivity index is 1.52. The average Bonchev–Trinajstić information content (AvgIpc) is 3.10. The van der Waals surface area contributed by atoms with Crippen LogP contribution in [0, 0.1) is 0 Å². The van der Waals surface area contributed by atoms with E-state index in [-0.39, 0.29) is 0 Å². The molecule has 0 aromatic carbocycles. The van der Waals surface area contributed by atoms with E-state index in [2.05, 4.69) is 35.8 Å². The first-order chi connectivity index (χ1) is 12.4. The summed E-state index contributed by atoms with van der Waals surface area (Å²) in [6.07, 6.45) is 5.27. The third kappa shape index (κ3) is 3.12. The Morgan fingerprint density at radius 3 is 2.60 bits per heavy atom. The molecule has 130 valence electrons. The molecular weight excluding hydrogens is 318 g/mol. The number of aromatic nitrogens is 5. The molecule has 1 aliphatic rings. The lowest BCUT2D eigenvalue weighted by atomic mass is 10.3. The van der Waals surface area contributed by atoms with Crippen LogP contribution in [0.1, 0.15) is 0 Å². The molecule has 8 heteroatoms. The van der Waals surface area contributed by atoms with Crippen molar-refractivity contribution >= 4 is 22.8 Å². The SMILES string of the molecule is COCCn1cnc2c(N3CCN(c4ccccn4)CC3)ncnc21. The van der Waals surface area contributed by atoms with Gasteiger partial charge in [0.15, 0.2) is 17.0 Å². The molecular formula is C17H21N7O. The molecule has 0 saturated carbocycles. The predicted molar refractivity (Wildman–Crippen MR) is 95.9 cm³/mol. The lowest BCUT2D eigenvalue weighted by molar-refractivity contribution is 0.188. The first-order valence-electron chi connectivity index (χ1n) is 8.42. The lowest BCUT2D eigenvalue weighted by Gasteiger charge is -2.35. The molecule has 3 aromatic heterocycles. The molecule has 0 atom stereocenters. The fraction of sp³-hybridized carbons (Fsp3) is 0.412. The van der Waals surface area contributed by atoms with Gasteiger partial charge < -0.3 is 19.1 Å². The molecule has 0 amide bonds. The summed E-state index contributed by atoms with van der Waals surface area (Å²) in [6.45, 7) is 4.95. The van der Waals surface area contributed by atoms with Gasteiger partial charge in [0.2, 0.25) is 0 Å². The van der Waals surface area contributed by atoms with Gasteiger partial charge in [-0.05, 0) is 12.1 Å². The minimum absolute atomic E-state index is 0.632. The van der Waals surface area contributed by atoms with Crippen LogP contribution in [0.3, 0.4) is 0 Å². The highest BCUT2D eigenvalue weighted by molar-refractivity contribution is 5.83. The van der Waals surface area contributed by atoms with E-state index in [1.165, 1.54) is 0 Å². The van der Waals surface area contributed by atoms with Crippen LogP contribution in [-0.4, -0.2) is 64.4 Å². The summed E-state index contributed by atoms with van der Waals surface area (Å²) in [7, 11) is 1.70. The third-order valence-corrected chi connectivity index (χ3v) is 4.47. The fourth-order valence-electron chi connectivity index (χ4n) is 3.14. The normalized spacial score (nSPS) is 15.1. The van der Waals surface area contributed by atoms with Gasteiger partial charge in [-0.1, -0.05) is 6.07 Å². The van der Waals surface area contributed by atoms with Crippen LogP contribution in [-0.2, 0) is 11.3 Å². The molecule has 1 saturated heterocycles. The molecule has 4 rings (SSSR count). The number of fused-ring (bicyclic) bond motifs is 1. The lowest BCUT2D eigenvalue weighted by Crippen LogP contribution is -2.47. The molecule has 0 N–H and O–H groups in total. The zero-order valence-corrected chi connectivity index (χ0v) is 14.2. The zero-order valence-electron chi connectivity index (χ0n) is 14.2. The number of anilines is 2. The fourth-order valence-corrected chi connectivity index (χ4v) is 3.14. The summed E-state index contributed by atoms with van der Waals surface area (Å²) in [5.74, 6) is 1.93. The van der Waals surface area contributed by atoms with Gasteiger partial charge in [0.25, 0.3) is 0 Å². The molecule has 1 aliphatic heterocycles. The van der Waals surface area contributed by atoms with Crippen molar-refractivity contribution in [3.63, 3.8) is 0 Å². The minimum atomic E-state index is 0.632. The first kappa shape index (κ1) is 15.8. The molecule has 4 heterocycles. The second-order valence-electron chi connectivity index (χ2n) is 5.96. The summed E-state index contributed by atoms with van der Waals surface area (Å²) in [6, 6.07) is 6.02. The van der Waals surface area contributed by atoms with Gasteiger partial charge in [0.1, 0.15) is 12.1 Å². The summed E-state index contributed by atoms with van der Waals surface area (Å²) < 4.78 is 7.16. The van der Waals surface area contributed by atoms with Gasteiger partial charge in [-0.25, -0.2) is 19.9 Å². The van der Waals surface area contributed by atoms with Crippen molar-refractivity contribution in [1.29, 1.82) is 0 Å². The smallest absolute Gasteiger partial charge is 0.165 e. The van der Waals surface area contributed by atoms with E-state index in [1.807, 2.05) is 29.2 Å². The van der Waals surface area contributed by atoms with Gasteiger partial charge in [-0.15, -0.1) is 0 Å². The van der Waals surface area contributed by atoms with Crippen LogP contribution in [0.2, 0.25) is 0 Å².